The fourth-order valence-corrected chi connectivity index (χ4v) is 3.40. The van der Waals surface area contributed by atoms with Crippen molar-refractivity contribution in [3.8, 4) is 11.4 Å². The highest BCUT2D eigenvalue weighted by atomic mass is 127. The molecule has 2 aromatic carbocycles. The standard InChI is InChI=1S/C20H23FN6S.HI/c1-22-20(24-11-16-6-7-18(21)9-17(16)12-28-2)23-10-14-4-3-5-15(8-14)19-25-13-26-27-19;/h3-9,13H,10-12H2,1-2H3,(H2,22,23,24)(H,25,26,27);1H. The van der Waals surface area contributed by atoms with Gasteiger partial charge in [-0.3, -0.25) is 10.1 Å². The third-order valence-corrected chi connectivity index (χ3v) is 4.81. The van der Waals surface area contributed by atoms with Crippen molar-refractivity contribution < 1.29 is 4.39 Å². The molecule has 1 aromatic heterocycles. The van der Waals surface area contributed by atoms with Gasteiger partial charge in [0.2, 0.25) is 0 Å². The van der Waals surface area contributed by atoms with Crippen LogP contribution < -0.4 is 10.6 Å². The Labute approximate surface area is 191 Å². The lowest BCUT2D eigenvalue weighted by Gasteiger charge is -2.14. The van der Waals surface area contributed by atoms with Crippen molar-refractivity contribution in [1.82, 2.24) is 25.8 Å². The highest BCUT2D eigenvalue weighted by Crippen LogP contribution is 2.17. The third kappa shape index (κ3) is 6.70. The molecule has 0 atom stereocenters. The van der Waals surface area contributed by atoms with Crippen molar-refractivity contribution in [3.63, 3.8) is 0 Å². The lowest BCUT2D eigenvalue weighted by Crippen LogP contribution is -2.36. The largest absolute Gasteiger partial charge is 0.352 e. The molecule has 0 aliphatic heterocycles. The summed E-state index contributed by atoms with van der Waals surface area (Å²) in [5, 5.41) is 13.4. The molecular weight excluding hydrogens is 502 g/mol. The molecule has 29 heavy (non-hydrogen) atoms. The summed E-state index contributed by atoms with van der Waals surface area (Å²) in [6, 6.07) is 13.0. The molecule has 3 aromatic rings. The van der Waals surface area contributed by atoms with Gasteiger partial charge in [0.05, 0.1) is 0 Å². The van der Waals surface area contributed by atoms with Crippen LogP contribution in [0.3, 0.4) is 0 Å². The van der Waals surface area contributed by atoms with E-state index in [1.807, 2.05) is 30.5 Å². The lowest BCUT2D eigenvalue weighted by atomic mass is 10.1. The minimum atomic E-state index is -0.207. The number of H-pyrrole nitrogens is 1. The molecule has 1 heterocycles. The Morgan fingerprint density at radius 2 is 1.97 bits per heavy atom. The van der Waals surface area contributed by atoms with E-state index in [0.717, 1.165) is 33.8 Å². The van der Waals surface area contributed by atoms with Crippen LogP contribution in [0.5, 0.6) is 0 Å². The molecule has 9 heteroatoms. The van der Waals surface area contributed by atoms with Crippen molar-refractivity contribution in [2.24, 2.45) is 4.99 Å². The van der Waals surface area contributed by atoms with Crippen LogP contribution in [-0.4, -0.2) is 34.4 Å². The molecule has 0 amide bonds. The van der Waals surface area contributed by atoms with Gasteiger partial charge in [0.15, 0.2) is 11.8 Å². The summed E-state index contributed by atoms with van der Waals surface area (Å²) in [6.07, 6.45) is 3.50. The second kappa shape index (κ2) is 11.8. The normalized spacial score (nSPS) is 11.1. The number of thioether (sulfide) groups is 1. The highest BCUT2D eigenvalue weighted by molar-refractivity contribution is 14.0. The van der Waals surface area contributed by atoms with Gasteiger partial charge in [-0.1, -0.05) is 24.3 Å². The lowest BCUT2D eigenvalue weighted by molar-refractivity contribution is 0.625. The Morgan fingerprint density at radius 3 is 2.69 bits per heavy atom. The molecule has 154 valence electrons. The minimum absolute atomic E-state index is 0. The second-order valence-electron chi connectivity index (χ2n) is 6.16. The molecular formula is C20H24FIN6S. The smallest absolute Gasteiger partial charge is 0.191 e. The molecule has 0 unspecified atom stereocenters. The maximum absolute atomic E-state index is 13.5. The summed E-state index contributed by atoms with van der Waals surface area (Å²) in [5.74, 6) is 1.99. The SMILES string of the molecule is CN=C(NCc1cccc(-c2ncn[nH]2)c1)NCc1ccc(F)cc1CSC.I. The number of hydrogen-bond acceptors (Lipinski definition) is 4. The van der Waals surface area contributed by atoms with E-state index in [0.29, 0.717) is 19.0 Å². The second-order valence-corrected chi connectivity index (χ2v) is 7.03. The first-order valence-corrected chi connectivity index (χ1v) is 10.2. The van der Waals surface area contributed by atoms with E-state index < -0.39 is 0 Å². The predicted molar refractivity (Wildman–Crippen MR) is 128 cm³/mol. The van der Waals surface area contributed by atoms with E-state index in [4.69, 9.17) is 0 Å². The Balaban J connectivity index is 0.00000300. The number of halogens is 2. The number of guanidine groups is 1. The number of aliphatic imine (C=N–C) groups is 1. The summed E-state index contributed by atoms with van der Waals surface area (Å²) in [6.45, 7) is 1.19. The molecule has 0 saturated heterocycles. The number of aromatic nitrogens is 3. The van der Waals surface area contributed by atoms with Crippen LogP contribution in [0.1, 0.15) is 16.7 Å². The van der Waals surface area contributed by atoms with Gasteiger partial charge < -0.3 is 10.6 Å². The van der Waals surface area contributed by atoms with E-state index in [9.17, 15) is 4.39 Å². The Hall–Kier alpha value is -2.14. The molecule has 0 aliphatic rings. The Morgan fingerprint density at radius 1 is 1.14 bits per heavy atom. The quantitative estimate of drug-likeness (QED) is 0.247. The average molecular weight is 526 g/mol. The molecule has 0 saturated carbocycles. The minimum Gasteiger partial charge on any atom is -0.352 e. The van der Waals surface area contributed by atoms with Crippen LogP contribution in [-0.2, 0) is 18.8 Å². The average Bonchev–Trinajstić information content (AvgIpc) is 3.25. The number of rotatable bonds is 7. The van der Waals surface area contributed by atoms with Crippen LogP contribution >= 0.6 is 35.7 Å². The zero-order valence-corrected chi connectivity index (χ0v) is 19.4. The molecule has 0 bridgehead atoms. The van der Waals surface area contributed by atoms with E-state index in [1.54, 1.807) is 24.9 Å². The van der Waals surface area contributed by atoms with Crippen molar-refractivity contribution >= 4 is 41.7 Å². The van der Waals surface area contributed by atoms with Crippen molar-refractivity contribution in [1.29, 1.82) is 0 Å². The molecule has 0 spiro atoms. The van der Waals surface area contributed by atoms with Crippen molar-refractivity contribution in [2.45, 2.75) is 18.8 Å². The van der Waals surface area contributed by atoms with E-state index in [2.05, 4.69) is 36.9 Å². The summed E-state index contributed by atoms with van der Waals surface area (Å²) in [4.78, 5) is 8.45. The van der Waals surface area contributed by atoms with Gasteiger partial charge >= 0.3 is 0 Å². The van der Waals surface area contributed by atoms with Crippen LogP contribution in [0.2, 0.25) is 0 Å². The fourth-order valence-electron chi connectivity index (χ4n) is 2.82. The zero-order valence-electron chi connectivity index (χ0n) is 16.3. The first kappa shape index (κ1) is 23.1. The monoisotopic (exact) mass is 526 g/mol. The summed E-state index contributed by atoms with van der Waals surface area (Å²) >= 11 is 1.67. The maximum Gasteiger partial charge on any atom is 0.191 e. The topological polar surface area (TPSA) is 78.0 Å². The fraction of sp³-hybridized carbons (Fsp3) is 0.250. The zero-order chi connectivity index (χ0) is 19.8. The first-order valence-electron chi connectivity index (χ1n) is 8.85. The molecule has 3 N–H and O–H groups in total. The first-order chi connectivity index (χ1) is 13.7. The van der Waals surface area contributed by atoms with Gasteiger partial charge in [-0.25, -0.2) is 9.37 Å². The molecule has 0 radical (unpaired) electrons. The summed E-state index contributed by atoms with van der Waals surface area (Å²) < 4.78 is 13.5. The van der Waals surface area contributed by atoms with E-state index in [1.165, 1.54) is 12.4 Å². The third-order valence-electron chi connectivity index (χ3n) is 4.21. The molecule has 6 nitrogen and oxygen atoms in total. The van der Waals surface area contributed by atoms with Gasteiger partial charge in [0.25, 0.3) is 0 Å². The van der Waals surface area contributed by atoms with Crippen LogP contribution in [0.4, 0.5) is 4.39 Å². The van der Waals surface area contributed by atoms with Crippen molar-refractivity contribution in [3.05, 3.63) is 71.3 Å². The summed E-state index contributed by atoms with van der Waals surface area (Å²) in [5.41, 5.74) is 4.13. The predicted octanol–water partition coefficient (Wildman–Crippen LogP) is 3.96. The highest BCUT2D eigenvalue weighted by Gasteiger charge is 2.06. The maximum atomic E-state index is 13.5. The van der Waals surface area contributed by atoms with E-state index >= 15 is 0 Å². The molecule has 3 rings (SSSR count). The number of aromatic amines is 1. The molecule has 0 fully saturated rings. The number of nitrogens with one attached hydrogen (secondary N) is 3. The number of hydrogen-bond donors (Lipinski definition) is 3. The van der Waals surface area contributed by atoms with Gasteiger partial charge in [-0.05, 0) is 41.1 Å². The van der Waals surface area contributed by atoms with Crippen molar-refractivity contribution in [2.75, 3.05) is 13.3 Å². The van der Waals surface area contributed by atoms with Gasteiger partial charge in [0.1, 0.15) is 12.1 Å². The van der Waals surface area contributed by atoms with Crippen LogP contribution in [0.25, 0.3) is 11.4 Å². The van der Waals surface area contributed by atoms with Gasteiger partial charge in [-0.15, -0.1) is 24.0 Å². The summed E-state index contributed by atoms with van der Waals surface area (Å²) in [7, 11) is 1.73. The van der Waals surface area contributed by atoms with Crippen LogP contribution in [0.15, 0.2) is 53.8 Å². The molecule has 0 aliphatic carbocycles. The number of nitrogens with zero attached hydrogens (tertiary/aromatic N) is 3. The van der Waals surface area contributed by atoms with Gasteiger partial charge in [0, 0.05) is 31.5 Å². The van der Waals surface area contributed by atoms with E-state index in [-0.39, 0.29) is 29.8 Å². The Kier molecular flexibility index (Phi) is 9.39. The van der Waals surface area contributed by atoms with Crippen LogP contribution in [0, 0.1) is 5.82 Å². The Bertz CT molecular complexity index is 932. The number of benzene rings is 2. The van der Waals surface area contributed by atoms with Gasteiger partial charge in [-0.2, -0.15) is 16.9 Å².